The van der Waals surface area contributed by atoms with Crippen molar-refractivity contribution in [1.82, 2.24) is 0 Å². The fourth-order valence-electron chi connectivity index (χ4n) is 5.67. The zero-order chi connectivity index (χ0) is 26.7. The van der Waals surface area contributed by atoms with E-state index in [1.165, 1.54) is 8.61 Å². The first kappa shape index (κ1) is 24.7. The van der Waals surface area contributed by atoms with Crippen molar-refractivity contribution in [3.8, 4) is 11.1 Å². The van der Waals surface area contributed by atoms with Crippen LogP contribution in [0, 0.1) is 0 Å². The molecule has 0 aromatic heterocycles. The molecule has 0 N–H and O–H groups in total. The van der Waals surface area contributed by atoms with Crippen LogP contribution in [0.5, 0.6) is 0 Å². The van der Waals surface area contributed by atoms with E-state index in [4.69, 9.17) is 0 Å². The summed E-state index contributed by atoms with van der Waals surface area (Å²) in [4.78, 5) is 0.455. The number of hydrogen-bond acceptors (Lipinski definition) is 4. The van der Waals surface area contributed by atoms with E-state index >= 15 is 0 Å². The lowest BCUT2D eigenvalue weighted by Gasteiger charge is -2.25. The Labute approximate surface area is 224 Å². The third-order valence-corrected chi connectivity index (χ3v) is 11.3. The Morgan fingerprint density at radius 3 is 1.24 bits per heavy atom. The van der Waals surface area contributed by atoms with E-state index in [1.54, 1.807) is 48.5 Å². The van der Waals surface area contributed by atoms with Gasteiger partial charge < -0.3 is 0 Å². The van der Waals surface area contributed by atoms with Gasteiger partial charge in [-0.15, -0.1) is 0 Å². The molecule has 2 heterocycles. The van der Waals surface area contributed by atoms with Gasteiger partial charge in [-0.05, 0) is 85.3 Å². The molecular formula is C30H28N2O4S2. The van der Waals surface area contributed by atoms with Gasteiger partial charge in [0.2, 0.25) is 0 Å². The van der Waals surface area contributed by atoms with Crippen molar-refractivity contribution in [1.29, 1.82) is 0 Å². The van der Waals surface area contributed by atoms with Gasteiger partial charge in [0.05, 0.1) is 21.2 Å². The zero-order valence-electron chi connectivity index (χ0n) is 21.2. The van der Waals surface area contributed by atoms with Gasteiger partial charge in [-0.3, -0.25) is 8.61 Å². The third kappa shape index (κ3) is 3.90. The standard InChI is InChI=1S/C30H28N2O4S2/c1-21-19-25-7-3-5-9-29(25)31(21)37(33,34)27-15-11-23(12-16-27)24-13-17-28(18-14-24)38(35,36)32-22(2)20-26-8-4-6-10-30(26)32/h3-18,21-22H,19-20H2,1-2H3. The summed E-state index contributed by atoms with van der Waals surface area (Å²) in [7, 11) is -7.43. The molecule has 2 unspecified atom stereocenters. The molecule has 4 aromatic rings. The van der Waals surface area contributed by atoms with Crippen LogP contribution in [0.25, 0.3) is 11.1 Å². The van der Waals surface area contributed by atoms with Crippen LogP contribution in [0.1, 0.15) is 25.0 Å². The monoisotopic (exact) mass is 544 g/mol. The Kier molecular flexibility index (Phi) is 5.85. The Hall–Kier alpha value is -3.62. The summed E-state index contributed by atoms with van der Waals surface area (Å²) in [6.45, 7) is 3.84. The minimum atomic E-state index is -3.72. The van der Waals surface area contributed by atoms with E-state index < -0.39 is 20.0 Å². The van der Waals surface area contributed by atoms with Crippen LogP contribution in [0.15, 0.2) is 107 Å². The predicted octanol–water partition coefficient (Wildman–Crippen LogP) is 5.63. The molecule has 0 saturated carbocycles. The molecular weight excluding hydrogens is 516 g/mol. The zero-order valence-corrected chi connectivity index (χ0v) is 22.8. The van der Waals surface area contributed by atoms with Crippen molar-refractivity contribution in [2.24, 2.45) is 0 Å². The van der Waals surface area contributed by atoms with Crippen molar-refractivity contribution in [2.45, 2.75) is 48.6 Å². The van der Waals surface area contributed by atoms with Crippen LogP contribution < -0.4 is 8.61 Å². The van der Waals surface area contributed by atoms with E-state index in [-0.39, 0.29) is 21.9 Å². The molecule has 0 radical (unpaired) electrons. The normalized spacial score (nSPS) is 18.9. The molecule has 2 aliphatic rings. The highest BCUT2D eigenvalue weighted by Crippen LogP contribution is 2.38. The minimum absolute atomic E-state index is 0.156. The molecule has 0 saturated heterocycles. The largest absolute Gasteiger partial charge is 0.264 e. The van der Waals surface area contributed by atoms with Gasteiger partial charge in [-0.1, -0.05) is 60.7 Å². The number of benzene rings is 4. The average molecular weight is 545 g/mol. The highest BCUT2D eigenvalue weighted by molar-refractivity contribution is 7.93. The van der Waals surface area contributed by atoms with Gasteiger partial charge >= 0.3 is 0 Å². The molecule has 4 aromatic carbocycles. The van der Waals surface area contributed by atoms with E-state index in [2.05, 4.69) is 0 Å². The van der Waals surface area contributed by atoms with Gasteiger partial charge in [0.15, 0.2) is 0 Å². The first-order chi connectivity index (χ1) is 18.2. The fraction of sp³-hybridized carbons (Fsp3) is 0.200. The topological polar surface area (TPSA) is 74.8 Å². The Morgan fingerprint density at radius 1 is 0.526 bits per heavy atom. The van der Waals surface area contributed by atoms with Crippen LogP contribution in [0.2, 0.25) is 0 Å². The second-order valence-electron chi connectivity index (χ2n) is 10.0. The lowest BCUT2D eigenvalue weighted by molar-refractivity contribution is 0.582. The van der Waals surface area contributed by atoms with Crippen molar-refractivity contribution in [3.05, 3.63) is 108 Å². The Bertz CT molecular complexity index is 1600. The third-order valence-electron chi connectivity index (χ3n) is 7.44. The first-order valence-electron chi connectivity index (χ1n) is 12.6. The highest BCUT2D eigenvalue weighted by Gasteiger charge is 2.37. The van der Waals surface area contributed by atoms with Crippen molar-refractivity contribution < 1.29 is 16.8 Å². The summed E-state index contributed by atoms with van der Waals surface area (Å²) >= 11 is 0. The molecule has 194 valence electrons. The number of nitrogens with zero attached hydrogens (tertiary/aromatic N) is 2. The fourth-order valence-corrected chi connectivity index (χ4v) is 9.06. The molecule has 38 heavy (non-hydrogen) atoms. The maximum atomic E-state index is 13.5. The minimum Gasteiger partial charge on any atom is -0.263 e. The summed E-state index contributed by atoms with van der Waals surface area (Å²) in [6, 6.07) is 28.4. The molecule has 2 aliphatic heterocycles. The second-order valence-corrected chi connectivity index (χ2v) is 13.6. The second kappa shape index (κ2) is 8.99. The van der Waals surface area contributed by atoms with Gasteiger partial charge in [-0.2, -0.15) is 0 Å². The molecule has 8 heteroatoms. The lowest BCUT2D eigenvalue weighted by Crippen LogP contribution is -2.35. The van der Waals surface area contributed by atoms with E-state index in [9.17, 15) is 16.8 Å². The SMILES string of the molecule is CC1Cc2ccccc2N1S(=O)(=O)c1ccc(-c2ccc(S(=O)(=O)N3c4ccccc4CC3C)cc2)cc1. The Morgan fingerprint density at radius 2 is 0.868 bits per heavy atom. The van der Waals surface area contributed by atoms with Gasteiger partial charge in [0.25, 0.3) is 20.0 Å². The van der Waals surface area contributed by atoms with Crippen LogP contribution >= 0.6 is 0 Å². The number of sulfonamides is 2. The molecule has 0 bridgehead atoms. The number of fused-ring (bicyclic) bond motifs is 2. The van der Waals surface area contributed by atoms with Gasteiger partial charge in [0, 0.05) is 12.1 Å². The van der Waals surface area contributed by atoms with Crippen LogP contribution in [0.4, 0.5) is 11.4 Å². The summed E-state index contributed by atoms with van der Waals surface area (Å²) in [6.07, 6.45) is 1.37. The summed E-state index contributed by atoms with van der Waals surface area (Å²) < 4.78 is 57.0. The molecule has 2 atom stereocenters. The molecule has 0 fully saturated rings. The molecule has 0 spiro atoms. The van der Waals surface area contributed by atoms with Crippen molar-refractivity contribution in [2.75, 3.05) is 8.61 Å². The number of rotatable bonds is 5. The number of hydrogen-bond donors (Lipinski definition) is 0. The van der Waals surface area contributed by atoms with Crippen molar-refractivity contribution in [3.63, 3.8) is 0 Å². The van der Waals surface area contributed by atoms with Crippen LogP contribution in [-0.2, 0) is 32.9 Å². The van der Waals surface area contributed by atoms with E-state index in [0.717, 1.165) is 33.6 Å². The quantitative estimate of drug-likeness (QED) is 0.326. The van der Waals surface area contributed by atoms with E-state index in [1.807, 2.05) is 62.4 Å². The number of anilines is 2. The van der Waals surface area contributed by atoms with Gasteiger partial charge in [0.1, 0.15) is 0 Å². The molecule has 6 rings (SSSR count). The average Bonchev–Trinajstić information content (AvgIpc) is 3.44. The predicted molar refractivity (Wildman–Crippen MR) is 150 cm³/mol. The first-order valence-corrected chi connectivity index (χ1v) is 15.5. The summed E-state index contributed by atoms with van der Waals surface area (Å²) in [5.74, 6) is 0. The lowest BCUT2D eigenvalue weighted by atomic mass is 10.1. The summed E-state index contributed by atoms with van der Waals surface area (Å²) in [5.41, 5.74) is 5.14. The smallest absolute Gasteiger partial charge is 0.263 e. The van der Waals surface area contributed by atoms with Crippen LogP contribution in [-0.4, -0.2) is 28.9 Å². The van der Waals surface area contributed by atoms with E-state index in [0.29, 0.717) is 12.8 Å². The van der Waals surface area contributed by atoms with Crippen LogP contribution in [0.3, 0.4) is 0 Å². The maximum absolute atomic E-state index is 13.5. The molecule has 6 nitrogen and oxygen atoms in total. The van der Waals surface area contributed by atoms with Crippen molar-refractivity contribution >= 4 is 31.4 Å². The maximum Gasteiger partial charge on any atom is 0.264 e. The highest BCUT2D eigenvalue weighted by atomic mass is 32.2. The summed E-state index contributed by atoms with van der Waals surface area (Å²) in [5, 5.41) is 0. The Balaban J connectivity index is 1.26. The number of para-hydroxylation sites is 2. The molecule has 0 aliphatic carbocycles. The molecule has 0 amide bonds. The van der Waals surface area contributed by atoms with Gasteiger partial charge in [-0.25, -0.2) is 16.8 Å².